The molecular formula is C17H15ClN2O2S2. The molecule has 2 aromatic heterocycles. The number of halogens is 1. The first-order valence-electron chi connectivity index (χ1n) is 7.34. The fraction of sp³-hybridized carbons (Fsp3) is 0.176. The Kier molecular flexibility index (Phi) is 4.62. The maximum atomic E-state index is 12.7. The van der Waals surface area contributed by atoms with Gasteiger partial charge in [-0.15, -0.1) is 22.7 Å². The first kappa shape index (κ1) is 17.0. The second kappa shape index (κ2) is 6.55. The monoisotopic (exact) mass is 378 g/mol. The molecule has 0 bridgehead atoms. The lowest BCUT2D eigenvalue weighted by molar-refractivity contribution is 0.100. The highest BCUT2D eigenvalue weighted by molar-refractivity contribution is 7.22. The van der Waals surface area contributed by atoms with Gasteiger partial charge in [0.25, 0.3) is 11.8 Å². The molecule has 0 saturated heterocycles. The van der Waals surface area contributed by atoms with Crippen molar-refractivity contribution in [2.75, 3.05) is 5.32 Å². The van der Waals surface area contributed by atoms with Crippen LogP contribution >= 0.6 is 34.3 Å². The Morgan fingerprint density at radius 3 is 2.58 bits per heavy atom. The molecule has 3 N–H and O–H groups in total. The summed E-state index contributed by atoms with van der Waals surface area (Å²) in [6, 6.07) is 7.58. The summed E-state index contributed by atoms with van der Waals surface area (Å²) in [4.78, 5) is 25.9. The maximum absolute atomic E-state index is 12.7. The standard InChI is InChI=1S/C17H15ClN2O2S2/c1-3-9-8(2)23-17(12(9)15(19)21)20-16(22)14-13(18)10-6-4-5-7-11(10)24-14/h4-7H,3H2,1-2H3,(H2,19,21)(H,20,22). The van der Waals surface area contributed by atoms with E-state index >= 15 is 0 Å². The van der Waals surface area contributed by atoms with Gasteiger partial charge in [0.2, 0.25) is 0 Å². The fourth-order valence-electron chi connectivity index (χ4n) is 2.67. The lowest BCUT2D eigenvalue weighted by Crippen LogP contribution is -2.17. The number of fused-ring (bicyclic) bond motifs is 1. The van der Waals surface area contributed by atoms with Crippen LogP contribution in [0.25, 0.3) is 10.1 Å². The molecule has 124 valence electrons. The summed E-state index contributed by atoms with van der Waals surface area (Å²) in [6.45, 7) is 3.87. The van der Waals surface area contributed by atoms with Crippen molar-refractivity contribution >= 4 is 61.2 Å². The topological polar surface area (TPSA) is 72.2 Å². The van der Waals surface area contributed by atoms with Crippen LogP contribution in [0.1, 0.15) is 37.4 Å². The highest BCUT2D eigenvalue weighted by Crippen LogP contribution is 2.37. The number of nitrogens with two attached hydrogens (primary N) is 1. The van der Waals surface area contributed by atoms with E-state index in [4.69, 9.17) is 17.3 Å². The zero-order valence-corrected chi connectivity index (χ0v) is 15.5. The summed E-state index contributed by atoms with van der Waals surface area (Å²) in [6.07, 6.45) is 0.681. The first-order chi connectivity index (χ1) is 11.4. The van der Waals surface area contributed by atoms with Gasteiger partial charge in [0, 0.05) is 15.0 Å². The van der Waals surface area contributed by atoms with Gasteiger partial charge >= 0.3 is 0 Å². The summed E-state index contributed by atoms with van der Waals surface area (Å²) < 4.78 is 0.944. The predicted molar refractivity (Wildman–Crippen MR) is 102 cm³/mol. The number of hydrogen-bond donors (Lipinski definition) is 2. The molecule has 7 heteroatoms. The molecule has 0 spiro atoms. The third-order valence-electron chi connectivity index (χ3n) is 3.78. The molecule has 2 amide bonds. The summed E-state index contributed by atoms with van der Waals surface area (Å²) in [7, 11) is 0. The van der Waals surface area contributed by atoms with Gasteiger partial charge in [-0.2, -0.15) is 0 Å². The third-order valence-corrected chi connectivity index (χ3v) is 6.51. The van der Waals surface area contributed by atoms with Crippen LogP contribution in [0.2, 0.25) is 5.02 Å². The number of thiophene rings is 2. The second-order valence-electron chi connectivity index (χ2n) is 5.25. The minimum atomic E-state index is -0.533. The molecule has 4 nitrogen and oxygen atoms in total. The molecule has 0 atom stereocenters. The third kappa shape index (κ3) is 2.81. The van der Waals surface area contributed by atoms with E-state index < -0.39 is 5.91 Å². The molecule has 3 aromatic rings. The highest BCUT2D eigenvalue weighted by atomic mass is 35.5. The normalized spacial score (nSPS) is 11.0. The molecule has 0 unspecified atom stereocenters. The van der Waals surface area contributed by atoms with Gasteiger partial charge in [-0.1, -0.05) is 36.7 Å². The van der Waals surface area contributed by atoms with Gasteiger partial charge in [0.05, 0.1) is 10.6 Å². The molecule has 3 rings (SSSR count). The van der Waals surface area contributed by atoms with Crippen molar-refractivity contribution in [3.05, 3.63) is 50.2 Å². The van der Waals surface area contributed by atoms with Gasteiger partial charge in [0.15, 0.2) is 0 Å². The van der Waals surface area contributed by atoms with Gasteiger partial charge in [-0.3, -0.25) is 9.59 Å². The summed E-state index contributed by atoms with van der Waals surface area (Å²) >= 11 is 9.03. The lowest BCUT2D eigenvalue weighted by atomic mass is 10.1. The Balaban J connectivity index is 2.00. The summed E-state index contributed by atoms with van der Waals surface area (Å²) in [5, 5.41) is 4.57. The summed E-state index contributed by atoms with van der Waals surface area (Å²) in [5.41, 5.74) is 6.78. The quantitative estimate of drug-likeness (QED) is 0.681. The van der Waals surface area contributed by atoms with Crippen molar-refractivity contribution in [2.45, 2.75) is 20.3 Å². The minimum absolute atomic E-state index is 0.326. The number of carbonyl (C=O) groups excluding carboxylic acids is 2. The Morgan fingerprint density at radius 1 is 1.25 bits per heavy atom. The molecule has 1 aromatic carbocycles. The zero-order valence-electron chi connectivity index (χ0n) is 13.1. The van der Waals surface area contributed by atoms with Crippen LogP contribution < -0.4 is 11.1 Å². The number of benzene rings is 1. The van der Waals surface area contributed by atoms with Crippen LogP contribution in [0.4, 0.5) is 5.00 Å². The largest absolute Gasteiger partial charge is 0.365 e. The van der Waals surface area contributed by atoms with Crippen LogP contribution in [0, 0.1) is 6.92 Å². The van der Waals surface area contributed by atoms with Gasteiger partial charge in [0.1, 0.15) is 9.88 Å². The predicted octanol–water partition coefficient (Wildman–Crippen LogP) is 4.84. The van der Waals surface area contributed by atoms with Crippen molar-refractivity contribution in [1.82, 2.24) is 0 Å². The van der Waals surface area contributed by atoms with Crippen LogP contribution in [0.15, 0.2) is 24.3 Å². The highest BCUT2D eigenvalue weighted by Gasteiger charge is 2.23. The van der Waals surface area contributed by atoms with Crippen LogP contribution in [-0.4, -0.2) is 11.8 Å². The first-order valence-corrected chi connectivity index (χ1v) is 9.35. The lowest BCUT2D eigenvalue weighted by Gasteiger charge is -2.05. The number of anilines is 1. The van der Waals surface area contributed by atoms with E-state index in [0.29, 0.717) is 26.9 Å². The number of hydrogen-bond acceptors (Lipinski definition) is 4. The Morgan fingerprint density at radius 2 is 1.96 bits per heavy atom. The van der Waals surface area contributed by atoms with E-state index in [0.717, 1.165) is 20.5 Å². The van der Waals surface area contributed by atoms with Crippen LogP contribution in [0.3, 0.4) is 0 Å². The zero-order chi connectivity index (χ0) is 17.4. The van der Waals surface area contributed by atoms with E-state index in [1.54, 1.807) is 0 Å². The average Bonchev–Trinajstić information content (AvgIpc) is 3.05. The number of primary amides is 1. The van der Waals surface area contributed by atoms with Crippen molar-refractivity contribution in [1.29, 1.82) is 0 Å². The smallest absolute Gasteiger partial charge is 0.267 e. The summed E-state index contributed by atoms with van der Waals surface area (Å²) in [5.74, 6) is -0.860. The fourth-order valence-corrected chi connectivity index (χ4v) is 5.23. The van der Waals surface area contributed by atoms with Gasteiger partial charge in [-0.25, -0.2) is 0 Å². The van der Waals surface area contributed by atoms with E-state index in [2.05, 4.69) is 5.32 Å². The number of aryl methyl sites for hydroxylation is 1. The van der Waals surface area contributed by atoms with Crippen LogP contribution in [0.5, 0.6) is 0 Å². The number of amides is 2. The molecule has 0 saturated carbocycles. The molecule has 24 heavy (non-hydrogen) atoms. The van der Waals surface area contributed by atoms with Crippen LogP contribution in [-0.2, 0) is 6.42 Å². The van der Waals surface area contributed by atoms with Crippen molar-refractivity contribution in [2.24, 2.45) is 5.73 Å². The Labute approximate surface area is 152 Å². The Bertz CT molecular complexity index is 959. The molecule has 0 radical (unpaired) electrons. The van der Waals surface area contributed by atoms with E-state index in [1.165, 1.54) is 22.7 Å². The van der Waals surface area contributed by atoms with Crippen molar-refractivity contribution < 1.29 is 9.59 Å². The Hall–Kier alpha value is -1.89. The molecule has 0 fully saturated rings. The molecule has 0 aliphatic rings. The second-order valence-corrected chi connectivity index (χ2v) is 7.91. The average molecular weight is 379 g/mol. The minimum Gasteiger partial charge on any atom is -0.365 e. The molecular weight excluding hydrogens is 364 g/mol. The van der Waals surface area contributed by atoms with Gasteiger partial charge in [-0.05, 0) is 25.0 Å². The maximum Gasteiger partial charge on any atom is 0.267 e. The van der Waals surface area contributed by atoms with Crippen molar-refractivity contribution in [3.63, 3.8) is 0 Å². The number of rotatable bonds is 4. The van der Waals surface area contributed by atoms with E-state index in [9.17, 15) is 9.59 Å². The number of nitrogens with one attached hydrogen (secondary N) is 1. The molecule has 2 heterocycles. The van der Waals surface area contributed by atoms with Crippen molar-refractivity contribution in [3.8, 4) is 0 Å². The SMILES string of the molecule is CCc1c(C)sc(NC(=O)c2sc3ccccc3c2Cl)c1C(N)=O. The van der Waals surface area contributed by atoms with E-state index in [-0.39, 0.29) is 5.91 Å². The molecule has 0 aliphatic heterocycles. The molecule has 0 aliphatic carbocycles. The van der Waals surface area contributed by atoms with Gasteiger partial charge < -0.3 is 11.1 Å². The van der Waals surface area contributed by atoms with E-state index in [1.807, 2.05) is 38.1 Å². The number of carbonyl (C=O) groups is 2.